The molecule has 5 heteroatoms. The summed E-state index contributed by atoms with van der Waals surface area (Å²) in [6.45, 7) is 3.81. The Bertz CT molecular complexity index is 981. The maximum absolute atomic E-state index is 13.2. The number of nitrogens with one attached hydrogen (secondary N) is 1. The van der Waals surface area contributed by atoms with E-state index in [1.807, 2.05) is 47.8 Å². The second kappa shape index (κ2) is 7.99. The van der Waals surface area contributed by atoms with Crippen LogP contribution in [-0.4, -0.2) is 35.5 Å². The molecular weight excluding hydrogens is 392 g/mol. The number of piperidine rings is 1. The average molecular weight is 419 g/mol. The average Bonchev–Trinajstić information content (AvgIpc) is 3.17. The maximum atomic E-state index is 13.2. The van der Waals surface area contributed by atoms with Gasteiger partial charge in [-0.1, -0.05) is 66.7 Å². The van der Waals surface area contributed by atoms with E-state index in [1.165, 1.54) is 16.9 Å². The summed E-state index contributed by atoms with van der Waals surface area (Å²) in [5.74, 6) is 1.49. The summed E-state index contributed by atoms with van der Waals surface area (Å²) in [6.07, 6.45) is 0. The second-order valence-electron chi connectivity index (χ2n) is 8.44. The minimum atomic E-state index is -1.64. The number of carbonyl (C=O) groups is 1. The summed E-state index contributed by atoms with van der Waals surface area (Å²) in [5.41, 5.74) is 0.321. The number of nitrogens with zero attached hydrogens (tertiary/aromatic N) is 1. The summed E-state index contributed by atoms with van der Waals surface area (Å²) in [5, 5.41) is 16.4. The van der Waals surface area contributed by atoms with Gasteiger partial charge in [0, 0.05) is 26.2 Å². The minimum Gasteiger partial charge on any atom is -0.371 e. The van der Waals surface area contributed by atoms with Gasteiger partial charge in [-0.05, 0) is 40.3 Å². The van der Waals surface area contributed by atoms with Crippen LogP contribution >= 0.6 is 11.3 Å². The van der Waals surface area contributed by atoms with Crippen molar-refractivity contribution < 1.29 is 9.90 Å². The molecular formula is C25H26N2O2S. The van der Waals surface area contributed by atoms with Crippen molar-refractivity contribution in [1.29, 1.82) is 0 Å². The zero-order valence-corrected chi connectivity index (χ0v) is 17.6. The molecule has 1 amide bonds. The SMILES string of the molecule is O=C(NCC1C2CN(Cc3ccccc3)CC12)C(O)(c1ccccc1)c1cccs1. The first kappa shape index (κ1) is 19.5. The van der Waals surface area contributed by atoms with Crippen molar-refractivity contribution in [2.45, 2.75) is 12.1 Å². The highest BCUT2D eigenvalue weighted by molar-refractivity contribution is 7.10. The predicted octanol–water partition coefficient (Wildman–Crippen LogP) is 3.48. The fraction of sp³-hybridized carbons (Fsp3) is 0.320. The fourth-order valence-corrected chi connectivity index (χ4v) is 5.74. The molecule has 0 bridgehead atoms. The molecule has 2 aliphatic rings. The highest BCUT2D eigenvalue weighted by Gasteiger charge is 2.55. The van der Waals surface area contributed by atoms with Crippen molar-refractivity contribution in [3.05, 3.63) is 94.2 Å². The van der Waals surface area contributed by atoms with E-state index in [4.69, 9.17) is 0 Å². The van der Waals surface area contributed by atoms with Crippen LogP contribution in [-0.2, 0) is 16.9 Å². The molecule has 1 aromatic heterocycles. The third-order valence-corrected chi connectivity index (χ3v) is 7.57. The van der Waals surface area contributed by atoms with Gasteiger partial charge in [0.15, 0.2) is 0 Å². The lowest BCUT2D eigenvalue weighted by molar-refractivity contribution is -0.136. The smallest absolute Gasteiger partial charge is 0.262 e. The molecule has 2 aromatic carbocycles. The van der Waals surface area contributed by atoms with E-state index >= 15 is 0 Å². The number of aliphatic hydroxyl groups is 1. The van der Waals surface area contributed by atoms with Gasteiger partial charge in [0.05, 0.1) is 4.88 Å². The summed E-state index contributed by atoms with van der Waals surface area (Å²) in [6, 6.07) is 23.5. The number of thiophene rings is 1. The highest BCUT2D eigenvalue weighted by atomic mass is 32.1. The molecule has 4 nitrogen and oxygen atoms in total. The van der Waals surface area contributed by atoms with Crippen molar-refractivity contribution in [1.82, 2.24) is 10.2 Å². The van der Waals surface area contributed by atoms with Crippen molar-refractivity contribution in [2.24, 2.45) is 17.8 Å². The Kier molecular flexibility index (Phi) is 5.19. The first-order valence-corrected chi connectivity index (χ1v) is 11.4. The molecule has 0 spiro atoms. The molecule has 1 aliphatic carbocycles. The van der Waals surface area contributed by atoms with Crippen LogP contribution < -0.4 is 5.32 Å². The number of hydrogen-bond donors (Lipinski definition) is 2. The number of amides is 1. The van der Waals surface area contributed by atoms with E-state index in [0.29, 0.717) is 34.7 Å². The van der Waals surface area contributed by atoms with E-state index in [9.17, 15) is 9.90 Å². The van der Waals surface area contributed by atoms with Gasteiger partial charge in [-0.2, -0.15) is 0 Å². The number of rotatable bonds is 7. The normalized spacial score (nSPS) is 24.8. The van der Waals surface area contributed by atoms with Crippen molar-refractivity contribution in [3.8, 4) is 0 Å². The van der Waals surface area contributed by atoms with Crippen LogP contribution in [0.3, 0.4) is 0 Å². The van der Waals surface area contributed by atoms with Crippen LogP contribution in [0, 0.1) is 17.8 Å². The minimum absolute atomic E-state index is 0.331. The van der Waals surface area contributed by atoms with E-state index in [1.54, 1.807) is 0 Å². The summed E-state index contributed by atoms with van der Waals surface area (Å²) < 4.78 is 0. The molecule has 1 aliphatic heterocycles. The maximum Gasteiger partial charge on any atom is 0.262 e. The number of likely N-dealkylation sites (tertiary alicyclic amines) is 1. The Labute approximate surface area is 181 Å². The standard InChI is InChI=1S/C25H26N2O2S/c28-24(25(29,23-12-7-13-30-23)19-10-5-2-6-11-19)26-14-20-21-16-27(17-22(20)21)15-18-8-3-1-4-9-18/h1-13,20-22,29H,14-17H2,(H,26,28). The lowest BCUT2D eigenvalue weighted by atomic mass is 9.91. The first-order valence-electron chi connectivity index (χ1n) is 10.5. The second-order valence-corrected chi connectivity index (χ2v) is 9.38. The van der Waals surface area contributed by atoms with Gasteiger partial charge in [-0.25, -0.2) is 0 Å². The molecule has 5 rings (SSSR count). The third kappa shape index (κ3) is 3.58. The molecule has 3 atom stereocenters. The predicted molar refractivity (Wildman–Crippen MR) is 119 cm³/mol. The Morgan fingerprint density at radius 2 is 1.67 bits per heavy atom. The van der Waals surface area contributed by atoms with Gasteiger partial charge in [0.2, 0.25) is 5.60 Å². The zero-order valence-electron chi connectivity index (χ0n) is 16.8. The highest BCUT2D eigenvalue weighted by Crippen LogP contribution is 2.51. The number of hydrogen-bond acceptors (Lipinski definition) is 4. The molecule has 2 N–H and O–H groups in total. The van der Waals surface area contributed by atoms with Crippen LogP contribution in [0.1, 0.15) is 16.0 Å². The molecule has 1 saturated heterocycles. The Morgan fingerprint density at radius 3 is 2.30 bits per heavy atom. The van der Waals surface area contributed by atoms with E-state index in [0.717, 1.165) is 19.6 Å². The van der Waals surface area contributed by atoms with Crippen molar-refractivity contribution >= 4 is 17.2 Å². The largest absolute Gasteiger partial charge is 0.371 e. The van der Waals surface area contributed by atoms with E-state index in [-0.39, 0.29) is 5.91 Å². The monoisotopic (exact) mass is 418 g/mol. The van der Waals surface area contributed by atoms with E-state index in [2.05, 4.69) is 40.5 Å². The van der Waals surface area contributed by atoms with Crippen LogP contribution in [0.25, 0.3) is 0 Å². The Morgan fingerprint density at radius 1 is 1.00 bits per heavy atom. The van der Waals surface area contributed by atoms with Gasteiger partial charge < -0.3 is 10.4 Å². The fourth-order valence-electron chi connectivity index (χ4n) is 4.90. The molecule has 0 radical (unpaired) electrons. The molecule has 1 saturated carbocycles. The topological polar surface area (TPSA) is 52.6 Å². The number of carbonyl (C=O) groups excluding carboxylic acids is 1. The molecule has 2 fully saturated rings. The molecule has 3 aromatic rings. The molecule has 2 heterocycles. The summed E-state index contributed by atoms with van der Waals surface area (Å²) in [4.78, 5) is 16.3. The Balaban J connectivity index is 1.20. The van der Waals surface area contributed by atoms with Gasteiger partial charge >= 0.3 is 0 Å². The lowest BCUT2D eigenvalue weighted by Crippen LogP contribution is -2.46. The van der Waals surface area contributed by atoms with Gasteiger partial charge in [0.25, 0.3) is 5.91 Å². The van der Waals surface area contributed by atoms with Gasteiger partial charge in [-0.3, -0.25) is 9.69 Å². The van der Waals surface area contributed by atoms with Gasteiger partial charge in [0.1, 0.15) is 0 Å². The molecule has 3 unspecified atom stereocenters. The third-order valence-electron chi connectivity index (χ3n) is 6.59. The van der Waals surface area contributed by atoms with Crippen LogP contribution in [0.5, 0.6) is 0 Å². The van der Waals surface area contributed by atoms with Crippen LogP contribution in [0.15, 0.2) is 78.2 Å². The number of benzene rings is 2. The van der Waals surface area contributed by atoms with Crippen LogP contribution in [0.2, 0.25) is 0 Å². The van der Waals surface area contributed by atoms with Crippen LogP contribution in [0.4, 0.5) is 0 Å². The molecule has 154 valence electrons. The van der Waals surface area contributed by atoms with E-state index < -0.39 is 5.60 Å². The van der Waals surface area contributed by atoms with Crippen molar-refractivity contribution in [2.75, 3.05) is 19.6 Å². The summed E-state index contributed by atoms with van der Waals surface area (Å²) in [7, 11) is 0. The summed E-state index contributed by atoms with van der Waals surface area (Å²) >= 11 is 1.40. The first-order chi connectivity index (χ1) is 14.7. The quantitative estimate of drug-likeness (QED) is 0.618. The lowest BCUT2D eigenvalue weighted by Gasteiger charge is -2.27. The number of fused-ring (bicyclic) bond motifs is 1. The van der Waals surface area contributed by atoms with Gasteiger partial charge in [-0.15, -0.1) is 11.3 Å². The zero-order chi connectivity index (χ0) is 20.6. The van der Waals surface area contributed by atoms with Crippen molar-refractivity contribution in [3.63, 3.8) is 0 Å². The molecule has 30 heavy (non-hydrogen) atoms. The Hall–Kier alpha value is -2.47.